The minimum absolute atomic E-state index is 0.119. The Morgan fingerprint density at radius 3 is 2.27 bits per heavy atom. The lowest BCUT2D eigenvalue weighted by Gasteiger charge is -2.33. The zero-order chi connectivity index (χ0) is 23.4. The number of hydrogen-bond donors (Lipinski definition) is 0. The summed E-state index contributed by atoms with van der Waals surface area (Å²) in [7, 11) is 0. The van der Waals surface area contributed by atoms with Crippen molar-refractivity contribution in [3.8, 4) is 16.9 Å². The minimum Gasteiger partial charge on any atom is -0.343 e. The predicted octanol–water partition coefficient (Wildman–Crippen LogP) is 5.07. The molecule has 0 unspecified atom stereocenters. The van der Waals surface area contributed by atoms with Crippen LogP contribution in [0.2, 0.25) is 0 Å². The van der Waals surface area contributed by atoms with Crippen molar-refractivity contribution in [2.45, 2.75) is 40.2 Å². The van der Waals surface area contributed by atoms with Crippen molar-refractivity contribution < 1.29 is 9.18 Å². The van der Waals surface area contributed by atoms with Gasteiger partial charge in [-0.15, -0.1) is 0 Å². The molecule has 1 fully saturated rings. The molecule has 5 nitrogen and oxygen atoms in total. The molecule has 0 saturated carbocycles. The van der Waals surface area contributed by atoms with Crippen LogP contribution in [0.4, 0.5) is 4.39 Å². The van der Waals surface area contributed by atoms with E-state index >= 15 is 0 Å². The van der Waals surface area contributed by atoms with E-state index in [-0.39, 0.29) is 11.7 Å². The number of nitrogens with zero attached hydrogens (tertiary/aromatic N) is 4. The van der Waals surface area contributed by atoms with Crippen LogP contribution < -0.4 is 0 Å². The van der Waals surface area contributed by atoms with Crippen LogP contribution in [-0.2, 0) is 11.3 Å². The first-order valence-electron chi connectivity index (χ1n) is 11.9. The summed E-state index contributed by atoms with van der Waals surface area (Å²) in [6.07, 6.45) is 3.84. The molecule has 3 aromatic rings. The summed E-state index contributed by atoms with van der Waals surface area (Å²) < 4.78 is 15.4. The standard InChI is InChI=1S/C27H33FN4O/c1-4-31(5-2)27(33)22-14-16-30(17-15-22)18-23-19-32(25-12-6-20(3)7-13-25)29-26(23)21-8-10-24(28)11-9-21/h6-13,19,22H,4-5,14-18H2,1-3H3. The third-order valence-corrected chi connectivity index (χ3v) is 6.61. The monoisotopic (exact) mass is 448 g/mol. The summed E-state index contributed by atoms with van der Waals surface area (Å²) in [5.41, 5.74) is 5.09. The summed E-state index contributed by atoms with van der Waals surface area (Å²) in [5.74, 6) is 0.157. The van der Waals surface area contributed by atoms with E-state index in [1.54, 1.807) is 12.1 Å². The first-order chi connectivity index (χ1) is 16.0. The second-order valence-corrected chi connectivity index (χ2v) is 8.85. The van der Waals surface area contributed by atoms with Gasteiger partial charge in [0.1, 0.15) is 5.82 Å². The van der Waals surface area contributed by atoms with Crippen molar-refractivity contribution in [3.05, 3.63) is 71.7 Å². The summed E-state index contributed by atoms with van der Waals surface area (Å²) >= 11 is 0. The fourth-order valence-electron chi connectivity index (χ4n) is 4.58. The number of rotatable bonds is 7. The molecule has 1 aromatic heterocycles. The van der Waals surface area contributed by atoms with E-state index in [0.29, 0.717) is 5.91 Å². The molecule has 174 valence electrons. The summed E-state index contributed by atoms with van der Waals surface area (Å²) in [6.45, 7) is 10.2. The van der Waals surface area contributed by atoms with Crippen molar-refractivity contribution in [3.63, 3.8) is 0 Å². The average molecular weight is 449 g/mol. The van der Waals surface area contributed by atoms with E-state index in [9.17, 15) is 9.18 Å². The second-order valence-electron chi connectivity index (χ2n) is 8.85. The van der Waals surface area contributed by atoms with Crippen LogP contribution in [0.5, 0.6) is 0 Å². The Bertz CT molecular complexity index is 1060. The number of amides is 1. The van der Waals surface area contributed by atoms with Gasteiger partial charge < -0.3 is 4.90 Å². The number of likely N-dealkylation sites (tertiary alicyclic amines) is 1. The molecule has 1 aliphatic rings. The molecule has 6 heteroatoms. The van der Waals surface area contributed by atoms with Gasteiger partial charge in [-0.25, -0.2) is 9.07 Å². The van der Waals surface area contributed by atoms with E-state index in [1.165, 1.54) is 17.7 Å². The van der Waals surface area contributed by atoms with Gasteiger partial charge in [0.25, 0.3) is 0 Å². The number of aromatic nitrogens is 2. The van der Waals surface area contributed by atoms with Gasteiger partial charge in [-0.05, 0) is 83.1 Å². The van der Waals surface area contributed by atoms with E-state index < -0.39 is 0 Å². The lowest BCUT2D eigenvalue weighted by molar-refractivity contribution is -0.136. The SMILES string of the molecule is CCN(CC)C(=O)C1CCN(Cc2cn(-c3ccc(C)cc3)nc2-c2ccc(F)cc2)CC1. The van der Waals surface area contributed by atoms with Gasteiger partial charge in [-0.3, -0.25) is 9.69 Å². The highest BCUT2D eigenvalue weighted by Gasteiger charge is 2.28. The molecule has 0 N–H and O–H groups in total. The maximum absolute atomic E-state index is 13.5. The number of halogens is 1. The lowest BCUT2D eigenvalue weighted by Crippen LogP contribution is -2.42. The molecule has 0 bridgehead atoms. The number of piperidine rings is 1. The Balaban J connectivity index is 1.53. The highest BCUT2D eigenvalue weighted by molar-refractivity contribution is 5.78. The number of aryl methyl sites for hydroxylation is 1. The minimum atomic E-state index is -0.252. The number of carbonyl (C=O) groups excluding carboxylic acids is 1. The molecular formula is C27H33FN4O. The normalized spacial score (nSPS) is 15.0. The third kappa shape index (κ3) is 5.33. The van der Waals surface area contributed by atoms with Gasteiger partial charge in [0.2, 0.25) is 5.91 Å². The van der Waals surface area contributed by atoms with Gasteiger partial charge in [0.15, 0.2) is 0 Å². The average Bonchev–Trinajstić information content (AvgIpc) is 3.25. The largest absolute Gasteiger partial charge is 0.343 e. The molecule has 0 aliphatic carbocycles. The highest BCUT2D eigenvalue weighted by Crippen LogP contribution is 2.28. The summed E-state index contributed by atoms with van der Waals surface area (Å²) in [6, 6.07) is 14.8. The molecule has 1 amide bonds. The molecule has 4 rings (SSSR count). The highest BCUT2D eigenvalue weighted by atomic mass is 19.1. The Morgan fingerprint density at radius 2 is 1.67 bits per heavy atom. The van der Waals surface area contributed by atoms with E-state index in [4.69, 9.17) is 5.10 Å². The molecule has 2 aromatic carbocycles. The molecule has 1 saturated heterocycles. The fourth-order valence-corrected chi connectivity index (χ4v) is 4.58. The van der Waals surface area contributed by atoms with Crippen LogP contribution >= 0.6 is 0 Å². The second kappa shape index (κ2) is 10.3. The zero-order valence-electron chi connectivity index (χ0n) is 19.8. The van der Waals surface area contributed by atoms with Crippen LogP contribution in [-0.4, -0.2) is 51.7 Å². The fraction of sp³-hybridized carbons (Fsp3) is 0.407. The number of benzene rings is 2. The van der Waals surface area contributed by atoms with E-state index in [1.807, 2.05) is 23.4 Å². The maximum atomic E-state index is 13.5. The Kier molecular flexibility index (Phi) is 7.23. The quantitative estimate of drug-likeness (QED) is 0.507. The summed E-state index contributed by atoms with van der Waals surface area (Å²) in [4.78, 5) is 17.1. The van der Waals surface area contributed by atoms with Crippen LogP contribution in [0, 0.1) is 18.7 Å². The van der Waals surface area contributed by atoms with Crippen LogP contribution in [0.1, 0.15) is 37.8 Å². The number of hydrogen-bond acceptors (Lipinski definition) is 3. The van der Waals surface area contributed by atoms with Crippen LogP contribution in [0.15, 0.2) is 54.7 Å². The first-order valence-corrected chi connectivity index (χ1v) is 11.9. The van der Waals surface area contributed by atoms with Crippen molar-refractivity contribution in [2.24, 2.45) is 5.92 Å². The molecule has 0 spiro atoms. The molecule has 1 aliphatic heterocycles. The zero-order valence-corrected chi connectivity index (χ0v) is 19.8. The van der Waals surface area contributed by atoms with E-state index in [2.05, 4.69) is 42.3 Å². The third-order valence-electron chi connectivity index (χ3n) is 6.61. The van der Waals surface area contributed by atoms with Crippen LogP contribution in [0.3, 0.4) is 0 Å². The lowest BCUT2D eigenvalue weighted by atomic mass is 9.94. The molecule has 0 radical (unpaired) electrons. The van der Waals surface area contributed by atoms with Gasteiger partial charge in [-0.1, -0.05) is 17.7 Å². The Hall–Kier alpha value is -2.99. The Morgan fingerprint density at radius 1 is 1.03 bits per heavy atom. The van der Waals surface area contributed by atoms with Crippen molar-refractivity contribution in [2.75, 3.05) is 26.2 Å². The van der Waals surface area contributed by atoms with Gasteiger partial charge in [0.05, 0.1) is 11.4 Å². The predicted molar refractivity (Wildman–Crippen MR) is 130 cm³/mol. The Labute approximate surface area is 195 Å². The molecule has 2 heterocycles. The maximum Gasteiger partial charge on any atom is 0.225 e. The smallest absolute Gasteiger partial charge is 0.225 e. The van der Waals surface area contributed by atoms with Gasteiger partial charge in [0, 0.05) is 42.9 Å². The van der Waals surface area contributed by atoms with Crippen LogP contribution in [0.25, 0.3) is 16.9 Å². The summed E-state index contributed by atoms with van der Waals surface area (Å²) in [5, 5.41) is 4.87. The van der Waals surface area contributed by atoms with Gasteiger partial charge in [-0.2, -0.15) is 5.10 Å². The molecule has 0 atom stereocenters. The molecule has 33 heavy (non-hydrogen) atoms. The van der Waals surface area contributed by atoms with Crippen molar-refractivity contribution in [1.82, 2.24) is 19.6 Å². The molecular weight excluding hydrogens is 415 g/mol. The van der Waals surface area contributed by atoms with Gasteiger partial charge >= 0.3 is 0 Å². The first kappa shape index (κ1) is 23.2. The topological polar surface area (TPSA) is 41.4 Å². The van der Waals surface area contributed by atoms with Crippen molar-refractivity contribution in [1.29, 1.82) is 0 Å². The number of carbonyl (C=O) groups is 1. The van der Waals surface area contributed by atoms with E-state index in [0.717, 1.165) is 68.1 Å². The van der Waals surface area contributed by atoms with Crippen molar-refractivity contribution >= 4 is 5.91 Å².